The monoisotopic (exact) mass is 407 g/mol. The van der Waals surface area contributed by atoms with Crippen molar-refractivity contribution >= 4 is 16.0 Å². The van der Waals surface area contributed by atoms with E-state index in [9.17, 15) is 17.6 Å². The second-order valence-corrected chi connectivity index (χ2v) is 9.07. The minimum Gasteiger partial charge on any atom is -0.382 e. The molecule has 0 heterocycles. The van der Waals surface area contributed by atoms with E-state index in [-0.39, 0.29) is 29.8 Å². The molecular formula is C21H26FNO4S. The van der Waals surface area contributed by atoms with Gasteiger partial charge in [0.2, 0.25) is 0 Å². The number of carbonyl (C=O) groups is 1. The molecule has 0 aliphatic heterocycles. The summed E-state index contributed by atoms with van der Waals surface area (Å²) < 4.78 is 42.7. The Balaban J connectivity index is 2.28. The fourth-order valence-electron chi connectivity index (χ4n) is 2.56. The fraction of sp³-hybridized carbons (Fsp3) is 0.381. The van der Waals surface area contributed by atoms with Gasteiger partial charge in [-0.2, -0.15) is 8.42 Å². The summed E-state index contributed by atoms with van der Waals surface area (Å²) >= 11 is 0. The molecule has 2 rings (SSSR count). The molecule has 0 fully saturated rings. The molecule has 0 spiro atoms. The number of carbonyl (C=O) groups excluding carboxylic acids is 1. The molecule has 0 saturated heterocycles. The van der Waals surface area contributed by atoms with Gasteiger partial charge in [0.1, 0.15) is 11.6 Å². The molecule has 152 valence electrons. The number of halogens is 1. The number of nitrogens with zero attached hydrogens (tertiary/aromatic N) is 1. The van der Waals surface area contributed by atoms with Crippen molar-refractivity contribution in [1.29, 1.82) is 0 Å². The van der Waals surface area contributed by atoms with E-state index < -0.39 is 21.2 Å². The highest BCUT2D eigenvalue weighted by atomic mass is 32.2. The lowest BCUT2D eigenvalue weighted by Gasteiger charge is -2.29. The van der Waals surface area contributed by atoms with Crippen LogP contribution < -0.4 is 4.18 Å². The van der Waals surface area contributed by atoms with E-state index in [1.165, 1.54) is 18.2 Å². The van der Waals surface area contributed by atoms with Gasteiger partial charge in [0.05, 0.1) is 5.25 Å². The predicted octanol–water partition coefficient (Wildman–Crippen LogP) is 4.38. The first kappa shape index (κ1) is 21.9. The third-order valence-corrected chi connectivity index (χ3v) is 6.08. The van der Waals surface area contributed by atoms with Crippen LogP contribution >= 0.6 is 0 Å². The summed E-state index contributed by atoms with van der Waals surface area (Å²) in [5.74, 6) is -0.548. The van der Waals surface area contributed by atoms with Crippen molar-refractivity contribution in [3.05, 3.63) is 65.5 Å². The molecule has 7 heteroatoms. The van der Waals surface area contributed by atoms with Crippen molar-refractivity contribution in [3.8, 4) is 5.75 Å². The molecule has 1 atom stereocenters. The van der Waals surface area contributed by atoms with Gasteiger partial charge in [0, 0.05) is 18.2 Å². The van der Waals surface area contributed by atoms with Crippen LogP contribution in [0.15, 0.2) is 48.5 Å². The van der Waals surface area contributed by atoms with Gasteiger partial charge in [0.25, 0.3) is 5.91 Å². The second kappa shape index (κ2) is 9.19. The number of hydrogen-bond acceptors (Lipinski definition) is 4. The molecule has 0 bridgehead atoms. The summed E-state index contributed by atoms with van der Waals surface area (Å²) in [7, 11) is -3.70. The minimum atomic E-state index is -3.70. The van der Waals surface area contributed by atoms with Crippen LogP contribution in [0.3, 0.4) is 0 Å². The van der Waals surface area contributed by atoms with Crippen molar-refractivity contribution < 1.29 is 21.8 Å². The van der Waals surface area contributed by atoms with E-state index >= 15 is 0 Å². The van der Waals surface area contributed by atoms with E-state index in [0.29, 0.717) is 0 Å². The summed E-state index contributed by atoms with van der Waals surface area (Å²) in [4.78, 5) is 14.6. The Labute approximate surface area is 166 Å². The largest absolute Gasteiger partial charge is 0.382 e. The maximum Gasteiger partial charge on any atom is 0.311 e. The number of amides is 1. The molecule has 0 aliphatic carbocycles. The summed E-state index contributed by atoms with van der Waals surface area (Å²) in [5.41, 5.74) is 0.997. The van der Waals surface area contributed by atoms with Gasteiger partial charge in [-0.1, -0.05) is 25.1 Å². The Bertz CT molecular complexity index is 928. The average molecular weight is 408 g/mol. The molecule has 1 amide bonds. The SMILES string of the molecule is CCC(C)N(Cc1cccc(OS(=O)(=O)C(C)C)c1)C(=O)c1cccc(F)c1. The van der Waals surface area contributed by atoms with Crippen molar-refractivity contribution in [3.63, 3.8) is 0 Å². The Morgan fingerprint density at radius 1 is 1.11 bits per heavy atom. The minimum absolute atomic E-state index is 0.0836. The van der Waals surface area contributed by atoms with Crippen LogP contribution in [0.5, 0.6) is 5.75 Å². The van der Waals surface area contributed by atoms with Crippen molar-refractivity contribution in [2.24, 2.45) is 0 Å². The number of rotatable bonds is 8. The highest BCUT2D eigenvalue weighted by molar-refractivity contribution is 7.87. The van der Waals surface area contributed by atoms with Crippen LogP contribution in [0.1, 0.15) is 50.0 Å². The third kappa shape index (κ3) is 5.55. The van der Waals surface area contributed by atoms with Crippen molar-refractivity contribution in [2.75, 3.05) is 0 Å². The standard InChI is InChI=1S/C21H26FNO4S/c1-5-16(4)23(21(24)18-9-7-10-19(22)13-18)14-17-8-6-11-20(12-17)27-28(25,26)15(2)3/h6-13,15-16H,5,14H2,1-4H3. The Kier molecular flexibility index (Phi) is 7.18. The lowest BCUT2D eigenvalue weighted by molar-refractivity contribution is 0.0671. The third-order valence-electron chi connectivity index (χ3n) is 4.50. The van der Waals surface area contributed by atoms with Crippen molar-refractivity contribution in [2.45, 2.75) is 52.0 Å². The highest BCUT2D eigenvalue weighted by Gasteiger charge is 2.22. The first-order chi connectivity index (χ1) is 13.1. The Morgan fingerprint density at radius 3 is 2.39 bits per heavy atom. The van der Waals surface area contributed by atoms with E-state index in [2.05, 4.69) is 0 Å². The van der Waals surface area contributed by atoms with E-state index in [4.69, 9.17) is 4.18 Å². The lowest BCUT2D eigenvalue weighted by Crippen LogP contribution is -2.37. The fourth-order valence-corrected chi connectivity index (χ4v) is 3.12. The van der Waals surface area contributed by atoms with E-state index in [1.54, 1.807) is 49.1 Å². The van der Waals surface area contributed by atoms with Gasteiger partial charge in [-0.25, -0.2) is 4.39 Å². The lowest BCUT2D eigenvalue weighted by atomic mass is 10.1. The van der Waals surface area contributed by atoms with E-state index in [0.717, 1.165) is 12.0 Å². The van der Waals surface area contributed by atoms with Crippen LogP contribution in [-0.2, 0) is 16.7 Å². The van der Waals surface area contributed by atoms with E-state index in [1.807, 2.05) is 13.8 Å². The second-order valence-electron chi connectivity index (χ2n) is 6.97. The molecule has 0 radical (unpaired) electrons. The van der Waals surface area contributed by atoms with Gasteiger partial charge < -0.3 is 9.08 Å². The number of hydrogen-bond donors (Lipinski definition) is 0. The molecular weight excluding hydrogens is 381 g/mol. The highest BCUT2D eigenvalue weighted by Crippen LogP contribution is 2.21. The molecule has 0 aromatic heterocycles. The molecule has 5 nitrogen and oxygen atoms in total. The molecule has 0 aliphatic rings. The maximum absolute atomic E-state index is 13.5. The average Bonchev–Trinajstić information content (AvgIpc) is 2.64. The molecule has 2 aromatic rings. The first-order valence-corrected chi connectivity index (χ1v) is 10.7. The van der Waals surface area contributed by atoms with Crippen LogP contribution in [0, 0.1) is 5.82 Å². The molecule has 1 unspecified atom stereocenters. The van der Waals surface area contributed by atoms with Crippen LogP contribution in [0.2, 0.25) is 0 Å². The quantitative estimate of drug-likeness (QED) is 0.609. The first-order valence-electron chi connectivity index (χ1n) is 9.22. The van der Waals surface area contributed by atoms with Crippen molar-refractivity contribution in [1.82, 2.24) is 4.90 Å². The smallest absolute Gasteiger partial charge is 0.311 e. The van der Waals surface area contributed by atoms with Crippen LogP contribution in [0.4, 0.5) is 4.39 Å². The van der Waals surface area contributed by atoms with Gasteiger partial charge in [-0.05, 0) is 63.1 Å². The summed E-state index contributed by atoms with van der Waals surface area (Å²) in [6, 6.07) is 12.1. The molecule has 28 heavy (non-hydrogen) atoms. The van der Waals surface area contributed by atoms with Crippen LogP contribution in [0.25, 0.3) is 0 Å². The van der Waals surface area contributed by atoms with Gasteiger partial charge in [0.15, 0.2) is 0 Å². The Hall–Kier alpha value is -2.41. The summed E-state index contributed by atoms with van der Waals surface area (Å²) in [6.07, 6.45) is 0.721. The molecule has 2 aromatic carbocycles. The predicted molar refractivity (Wildman–Crippen MR) is 107 cm³/mol. The van der Waals surface area contributed by atoms with Gasteiger partial charge >= 0.3 is 10.1 Å². The maximum atomic E-state index is 13.5. The van der Waals surface area contributed by atoms with Gasteiger partial charge in [-0.3, -0.25) is 4.79 Å². The Morgan fingerprint density at radius 2 is 1.79 bits per heavy atom. The molecule has 0 saturated carbocycles. The van der Waals surface area contributed by atoms with Gasteiger partial charge in [-0.15, -0.1) is 0 Å². The zero-order valence-corrected chi connectivity index (χ0v) is 17.4. The normalized spacial score (nSPS) is 12.6. The number of benzene rings is 2. The summed E-state index contributed by atoms with van der Waals surface area (Å²) in [6.45, 7) is 7.22. The molecule has 0 N–H and O–H groups in total. The van der Waals surface area contributed by atoms with Crippen LogP contribution in [-0.4, -0.2) is 30.5 Å². The topological polar surface area (TPSA) is 63.7 Å². The zero-order chi connectivity index (χ0) is 20.9. The zero-order valence-electron chi connectivity index (χ0n) is 16.6. The summed E-state index contributed by atoms with van der Waals surface area (Å²) in [5, 5.41) is -0.665.